The van der Waals surface area contributed by atoms with Crippen molar-refractivity contribution in [1.82, 2.24) is 5.32 Å². The average molecular weight is 334 g/mol. The topological polar surface area (TPSA) is 29.1 Å². The summed E-state index contributed by atoms with van der Waals surface area (Å²) in [6, 6.07) is 7.52. The lowest BCUT2D eigenvalue weighted by molar-refractivity contribution is -0.137. The second-order valence-corrected chi connectivity index (χ2v) is 6.14. The van der Waals surface area contributed by atoms with E-state index in [1.54, 1.807) is 25.1 Å². The number of rotatable bonds is 3. The zero-order valence-corrected chi connectivity index (χ0v) is 12.4. The van der Waals surface area contributed by atoms with Crippen LogP contribution in [0.1, 0.15) is 33.8 Å². The largest absolute Gasteiger partial charge is 0.416 e. The maximum Gasteiger partial charge on any atom is 0.416 e. The van der Waals surface area contributed by atoms with Gasteiger partial charge < -0.3 is 5.32 Å². The highest BCUT2D eigenvalue weighted by Gasteiger charge is 2.30. The van der Waals surface area contributed by atoms with E-state index < -0.39 is 17.8 Å². The molecule has 0 aliphatic carbocycles. The lowest BCUT2D eigenvalue weighted by atomic mass is 10.0. The van der Waals surface area contributed by atoms with Gasteiger partial charge in [0.1, 0.15) is 0 Å². The first-order chi connectivity index (χ1) is 9.77. The molecule has 0 saturated heterocycles. The fraction of sp³-hybridized carbons (Fsp3) is 0.214. The van der Waals surface area contributed by atoms with Gasteiger partial charge >= 0.3 is 6.18 Å². The molecule has 2 rings (SSSR count). The number of amides is 1. The van der Waals surface area contributed by atoms with Gasteiger partial charge in [0.05, 0.1) is 20.8 Å². The van der Waals surface area contributed by atoms with E-state index in [0.717, 1.165) is 23.5 Å². The fourth-order valence-corrected chi connectivity index (χ4v) is 2.72. The maximum absolute atomic E-state index is 12.7. The second kappa shape index (κ2) is 6.07. The zero-order chi connectivity index (χ0) is 15.6. The summed E-state index contributed by atoms with van der Waals surface area (Å²) in [7, 11) is 0. The number of benzene rings is 1. The Bertz CT molecular complexity index is 654. The Labute approximate surface area is 128 Å². The molecule has 1 N–H and O–H groups in total. The monoisotopic (exact) mass is 333 g/mol. The van der Waals surface area contributed by atoms with Gasteiger partial charge in [-0.15, -0.1) is 11.3 Å². The smallest absolute Gasteiger partial charge is 0.345 e. The lowest BCUT2D eigenvalue weighted by Crippen LogP contribution is -2.26. The molecule has 2 nitrogen and oxygen atoms in total. The molecule has 0 saturated carbocycles. The Morgan fingerprint density at radius 1 is 1.29 bits per heavy atom. The summed E-state index contributed by atoms with van der Waals surface area (Å²) in [5.41, 5.74) is -0.346. The molecule has 21 heavy (non-hydrogen) atoms. The number of hydrogen-bond acceptors (Lipinski definition) is 2. The Hall–Kier alpha value is -1.53. The first kappa shape index (κ1) is 15.9. The van der Waals surface area contributed by atoms with Crippen LogP contribution in [-0.2, 0) is 6.18 Å². The van der Waals surface area contributed by atoms with Crippen molar-refractivity contribution in [3.8, 4) is 0 Å². The van der Waals surface area contributed by atoms with E-state index in [1.807, 2.05) is 0 Å². The number of nitrogens with one attached hydrogen (secondary N) is 1. The van der Waals surface area contributed by atoms with E-state index in [-0.39, 0.29) is 5.91 Å². The van der Waals surface area contributed by atoms with Crippen molar-refractivity contribution in [3.05, 3.63) is 56.7 Å². The fourth-order valence-electron chi connectivity index (χ4n) is 1.77. The number of thiophene rings is 1. The van der Waals surface area contributed by atoms with Crippen LogP contribution in [0.4, 0.5) is 13.2 Å². The van der Waals surface area contributed by atoms with E-state index in [0.29, 0.717) is 14.8 Å². The first-order valence-corrected chi connectivity index (χ1v) is 7.20. The van der Waals surface area contributed by atoms with Crippen LogP contribution in [0.5, 0.6) is 0 Å². The number of hydrogen-bond donors (Lipinski definition) is 1. The van der Waals surface area contributed by atoms with Gasteiger partial charge in [0.25, 0.3) is 5.91 Å². The van der Waals surface area contributed by atoms with Gasteiger partial charge in [0, 0.05) is 0 Å². The van der Waals surface area contributed by atoms with E-state index in [9.17, 15) is 18.0 Å². The van der Waals surface area contributed by atoms with Crippen LogP contribution < -0.4 is 5.32 Å². The van der Waals surface area contributed by atoms with Crippen molar-refractivity contribution in [2.45, 2.75) is 19.1 Å². The summed E-state index contributed by atoms with van der Waals surface area (Å²) in [5, 5.41) is 2.65. The van der Waals surface area contributed by atoms with Crippen molar-refractivity contribution in [3.63, 3.8) is 0 Å². The molecule has 0 radical (unpaired) electrons. The van der Waals surface area contributed by atoms with Crippen LogP contribution in [0, 0.1) is 0 Å². The van der Waals surface area contributed by atoms with Gasteiger partial charge in [-0.1, -0.05) is 23.7 Å². The van der Waals surface area contributed by atoms with Gasteiger partial charge in [-0.05, 0) is 36.8 Å². The van der Waals surface area contributed by atoms with Gasteiger partial charge in [-0.25, -0.2) is 0 Å². The Morgan fingerprint density at radius 2 is 2.00 bits per heavy atom. The molecule has 7 heteroatoms. The van der Waals surface area contributed by atoms with E-state index in [1.165, 1.54) is 6.07 Å². The first-order valence-electron chi connectivity index (χ1n) is 6.01. The molecule has 1 aromatic carbocycles. The Balaban J connectivity index is 2.13. The summed E-state index contributed by atoms with van der Waals surface area (Å²) in [5.74, 6) is -0.364. The minimum Gasteiger partial charge on any atom is -0.345 e. The average Bonchev–Trinajstić information content (AvgIpc) is 2.84. The Morgan fingerprint density at radius 3 is 2.57 bits per heavy atom. The molecular formula is C14H11ClF3NOS. The summed E-state index contributed by atoms with van der Waals surface area (Å²) in [6.07, 6.45) is -4.40. The minimum absolute atomic E-state index is 0.364. The number of carbonyl (C=O) groups excluding carboxylic acids is 1. The molecule has 1 amide bonds. The maximum atomic E-state index is 12.7. The van der Waals surface area contributed by atoms with Crippen molar-refractivity contribution in [2.24, 2.45) is 0 Å². The molecule has 1 heterocycles. The van der Waals surface area contributed by atoms with E-state index >= 15 is 0 Å². The molecule has 112 valence electrons. The Kier molecular flexibility index (Phi) is 4.58. The molecule has 0 spiro atoms. The molecule has 0 bridgehead atoms. The molecule has 1 atom stereocenters. The van der Waals surface area contributed by atoms with Crippen LogP contribution >= 0.6 is 22.9 Å². The van der Waals surface area contributed by atoms with Crippen LogP contribution in [0.3, 0.4) is 0 Å². The van der Waals surface area contributed by atoms with E-state index in [4.69, 9.17) is 11.6 Å². The van der Waals surface area contributed by atoms with Crippen LogP contribution in [0.15, 0.2) is 36.4 Å². The summed E-state index contributed by atoms with van der Waals surface area (Å²) < 4.78 is 38.5. The summed E-state index contributed by atoms with van der Waals surface area (Å²) in [4.78, 5) is 12.4. The third kappa shape index (κ3) is 3.98. The minimum atomic E-state index is -4.40. The molecule has 2 aromatic rings. The zero-order valence-electron chi connectivity index (χ0n) is 10.9. The number of carbonyl (C=O) groups is 1. The molecule has 0 fully saturated rings. The van der Waals surface area contributed by atoms with Gasteiger partial charge in [-0.2, -0.15) is 13.2 Å². The normalized spacial score (nSPS) is 13.0. The van der Waals surface area contributed by atoms with Crippen molar-refractivity contribution < 1.29 is 18.0 Å². The number of halogens is 4. The molecule has 1 unspecified atom stereocenters. The molecular weight excluding hydrogens is 323 g/mol. The van der Waals surface area contributed by atoms with Crippen LogP contribution in [-0.4, -0.2) is 5.91 Å². The van der Waals surface area contributed by atoms with Crippen molar-refractivity contribution >= 4 is 28.8 Å². The second-order valence-electron chi connectivity index (χ2n) is 4.42. The predicted molar refractivity (Wildman–Crippen MR) is 76.7 cm³/mol. The van der Waals surface area contributed by atoms with Crippen molar-refractivity contribution in [1.29, 1.82) is 0 Å². The van der Waals surface area contributed by atoms with Gasteiger partial charge in [-0.3, -0.25) is 4.79 Å². The summed E-state index contributed by atoms with van der Waals surface area (Å²) in [6.45, 7) is 1.63. The highest BCUT2D eigenvalue weighted by atomic mass is 35.5. The third-order valence-corrected chi connectivity index (χ3v) is 4.09. The highest BCUT2D eigenvalue weighted by Crippen LogP contribution is 2.31. The molecule has 0 aliphatic heterocycles. The predicted octanol–water partition coefficient (Wildman–Crippen LogP) is 4.91. The third-order valence-electron chi connectivity index (χ3n) is 2.86. The highest BCUT2D eigenvalue weighted by molar-refractivity contribution is 7.17. The quantitative estimate of drug-likeness (QED) is 0.849. The summed E-state index contributed by atoms with van der Waals surface area (Å²) >= 11 is 6.86. The number of alkyl halides is 3. The molecule has 0 aliphatic rings. The van der Waals surface area contributed by atoms with E-state index in [2.05, 4.69) is 5.32 Å². The van der Waals surface area contributed by atoms with Crippen molar-refractivity contribution in [2.75, 3.05) is 0 Å². The molecule has 1 aromatic heterocycles. The lowest BCUT2D eigenvalue weighted by Gasteiger charge is -2.15. The van der Waals surface area contributed by atoms with Crippen LogP contribution in [0.2, 0.25) is 4.34 Å². The van der Waals surface area contributed by atoms with Crippen LogP contribution in [0.25, 0.3) is 0 Å². The van der Waals surface area contributed by atoms with Gasteiger partial charge in [0.15, 0.2) is 0 Å². The van der Waals surface area contributed by atoms with Gasteiger partial charge in [0.2, 0.25) is 0 Å². The standard InChI is InChI=1S/C14H11ClF3NOS/c1-8(19-13(20)11-5-6-12(15)21-11)9-3-2-4-10(7-9)14(16,17)18/h2-8H,1H3,(H,19,20). The SMILES string of the molecule is CC(NC(=O)c1ccc(Cl)s1)c1cccc(C(F)(F)F)c1.